The van der Waals surface area contributed by atoms with Crippen molar-refractivity contribution < 1.29 is 0 Å². The van der Waals surface area contributed by atoms with Crippen molar-refractivity contribution in [1.29, 1.82) is 0 Å². The van der Waals surface area contributed by atoms with Crippen LogP contribution in [0.1, 0.15) is 35.6 Å². The van der Waals surface area contributed by atoms with Crippen LogP contribution in [0.15, 0.2) is 12.1 Å². The molecule has 0 aliphatic carbocycles. The van der Waals surface area contributed by atoms with Gasteiger partial charge < -0.3 is 11.1 Å². The van der Waals surface area contributed by atoms with Crippen LogP contribution >= 0.6 is 0 Å². The van der Waals surface area contributed by atoms with Gasteiger partial charge in [-0.25, -0.2) is 0 Å². The lowest BCUT2D eigenvalue weighted by molar-refractivity contribution is 0.587. The Morgan fingerprint density at radius 1 is 1.19 bits per heavy atom. The van der Waals surface area contributed by atoms with E-state index in [-0.39, 0.29) is 6.04 Å². The van der Waals surface area contributed by atoms with E-state index in [1.165, 1.54) is 22.3 Å². The quantitative estimate of drug-likeness (QED) is 0.748. The number of benzene rings is 1. The molecule has 1 atom stereocenters. The molecular weight excluding hydrogens is 196 g/mol. The molecule has 0 heterocycles. The SMILES string of the molecule is Cc1cc(C)c(CNCCC(C)N)c(C)c1. The van der Waals surface area contributed by atoms with Crippen LogP contribution in [0, 0.1) is 20.8 Å². The van der Waals surface area contributed by atoms with Crippen LogP contribution in [0.3, 0.4) is 0 Å². The first kappa shape index (κ1) is 13.2. The molecule has 1 aromatic carbocycles. The van der Waals surface area contributed by atoms with Crippen LogP contribution in [0.2, 0.25) is 0 Å². The summed E-state index contributed by atoms with van der Waals surface area (Å²) >= 11 is 0. The molecule has 0 bridgehead atoms. The Hall–Kier alpha value is -0.860. The summed E-state index contributed by atoms with van der Waals surface area (Å²) in [5, 5.41) is 3.45. The second-order valence-corrected chi connectivity index (χ2v) is 4.82. The van der Waals surface area contributed by atoms with Crippen LogP contribution in [0.25, 0.3) is 0 Å². The largest absolute Gasteiger partial charge is 0.328 e. The first-order valence-electron chi connectivity index (χ1n) is 6.03. The Balaban J connectivity index is 2.54. The summed E-state index contributed by atoms with van der Waals surface area (Å²) in [4.78, 5) is 0. The highest BCUT2D eigenvalue weighted by molar-refractivity contribution is 5.37. The zero-order valence-corrected chi connectivity index (χ0v) is 10.9. The molecular formula is C14H24N2. The lowest BCUT2D eigenvalue weighted by Crippen LogP contribution is -2.24. The third-order valence-corrected chi connectivity index (χ3v) is 2.92. The summed E-state index contributed by atoms with van der Waals surface area (Å²) < 4.78 is 0. The summed E-state index contributed by atoms with van der Waals surface area (Å²) in [7, 11) is 0. The number of hydrogen-bond donors (Lipinski definition) is 2. The number of rotatable bonds is 5. The van der Waals surface area contributed by atoms with Gasteiger partial charge in [0.25, 0.3) is 0 Å². The minimum absolute atomic E-state index is 0.285. The average Bonchev–Trinajstić information content (AvgIpc) is 2.14. The molecule has 0 spiro atoms. The molecule has 0 aliphatic heterocycles. The monoisotopic (exact) mass is 220 g/mol. The predicted molar refractivity (Wildman–Crippen MR) is 70.6 cm³/mol. The molecule has 1 rings (SSSR count). The summed E-state index contributed by atoms with van der Waals surface area (Å²) in [6, 6.07) is 4.78. The fourth-order valence-electron chi connectivity index (χ4n) is 2.03. The van der Waals surface area contributed by atoms with Gasteiger partial charge in [-0.3, -0.25) is 0 Å². The highest BCUT2D eigenvalue weighted by Crippen LogP contribution is 2.15. The molecule has 1 aromatic rings. The van der Waals surface area contributed by atoms with Gasteiger partial charge in [0.2, 0.25) is 0 Å². The molecule has 0 radical (unpaired) electrons. The van der Waals surface area contributed by atoms with Crippen molar-refractivity contribution in [3.63, 3.8) is 0 Å². The molecule has 2 nitrogen and oxygen atoms in total. The van der Waals surface area contributed by atoms with E-state index in [2.05, 4.69) is 38.2 Å². The zero-order valence-electron chi connectivity index (χ0n) is 10.9. The van der Waals surface area contributed by atoms with Crippen molar-refractivity contribution >= 4 is 0 Å². The van der Waals surface area contributed by atoms with E-state index in [1.807, 2.05) is 6.92 Å². The third kappa shape index (κ3) is 3.95. The van der Waals surface area contributed by atoms with E-state index >= 15 is 0 Å². The molecule has 0 saturated heterocycles. The maximum atomic E-state index is 5.71. The minimum Gasteiger partial charge on any atom is -0.328 e. The smallest absolute Gasteiger partial charge is 0.0210 e. The van der Waals surface area contributed by atoms with Gasteiger partial charge in [-0.05, 0) is 57.4 Å². The number of nitrogens with two attached hydrogens (primary N) is 1. The van der Waals surface area contributed by atoms with Gasteiger partial charge in [0, 0.05) is 12.6 Å². The molecule has 3 N–H and O–H groups in total. The fraction of sp³-hybridized carbons (Fsp3) is 0.571. The Bertz CT molecular complexity index is 320. The first-order valence-corrected chi connectivity index (χ1v) is 6.03. The van der Waals surface area contributed by atoms with E-state index in [0.717, 1.165) is 19.5 Å². The first-order chi connectivity index (χ1) is 7.50. The van der Waals surface area contributed by atoms with Crippen LogP contribution in [0.4, 0.5) is 0 Å². The van der Waals surface area contributed by atoms with E-state index in [9.17, 15) is 0 Å². The Labute approximate surface area is 99.2 Å². The number of nitrogens with one attached hydrogen (secondary N) is 1. The van der Waals surface area contributed by atoms with Gasteiger partial charge in [-0.15, -0.1) is 0 Å². The minimum atomic E-state index is 0.285. The summed E-state index contributed by atoms with van der Waals surface area (Å²) in [6.45, 7) is 10.5. The van der Waals surface area contributed by atoms with E-state index in [0.29, 0.717) is 0 Å². The second kappa shape index (κ2) is 6.02. The summed E-state index contributed by atoms with van der Waals surface area (Å²) in [5.74, 6) is 0. The second-order valence-electron chi connectivity index (χ2n) is 4.82. The highest BCUT2D eigenvalue weighted by Gasteiger charge is 2.03. The van der Waals surface area contributed by atoms with Crippen molar-refractivity contribution in [2.24, 2.45) is 5.73 Å². The Kier molecular flexibility index (Phi) is 4.97. The van der Waals surface area contributed by atoms with Crippen LogP contribution in [-0.4, -0.2) is 12.6 Å². The summed E-state index contributed by atoms with van der Waals surface area (Å²) in [6.07, 6.45) is 1.03. The molecule has 0 fully saturated rings. The maximum absolute atomic E-state index is 5.71. The van der Waals surface area contributed by atoms with Gasteiger partial charge in [0.05, 0.1) is 0 Å². The van der Waals surface area contributed by atoms with Gasteiger partial charge >= 0.3 is 0 Å². The number of hydrogen-bond acceptors (Lipinski definition) is 2. The van der Waals surface area contributed by atoms with Crippen molar-refractivity contribution in [2.45, 2.75) is 46.7 Å². The van der Waals surface area contributed by atoms with Crippen molar-refractivity contribution in [3.05, 3.63) is 34.4 Å². The van der Waals surface area contributed by atoms with Crippen molar-refractivity contribution in [1.82, 2.24) is 5.32 Å². The van der Waals surface area contributed by atoms with E-state index in [4.69, 9.17) is 5.73 Å². The molecule has 0 aliphatic rings. The molecule has 90 valence electrons. The van der Waals surface area contributed by atoms with Crippen molar-refractivity contribution in [3.8, 4) is 0 Å². The standard InChI is InChI=1S/C14H24N2/c1-10-7-11(2)14(12(3)8-10)9-16-6-5-13(4)15/h7-8,13,16H,5-6,9,15H2,1-4H3. The van der Waals surface area contributed by atoms with E-state index < -0.39 is 0 Å². The molecule has 1 unspecified atom stereocenters. The molecule has 2 heteroatoms. The predicted octanol–water partition coefficient (Wildman–Crippen LogP) is 2.44. The lowest BCUT2D eigenvalue weighted by atomic mass is 10.00. The molecule has 0 saturated carbocycles. The van der Waals surface area contributed by atoms with E-state index in [1.54, 1.807) is 0 Å². The van der Waals surface area contributed by atoms with Crippen LogP contribution in [-0.2, 0) is 6.54 Å². The maximum Gasteiger partial charge on any atom is 0.0210 e. The van der Waals surface area contributed by atoms with Crippen molar-refractivity contribution in [2.75, 3.05) is 6.54 Å². The number of aryl methyl sites for hydroxylation is 3. The topological polar surface area (TPSA) is 38.0 Å². The fourth-order valence-corrected chi connectivity index (χ4v) is 2.03. The average molecular weight is 220 g/mol. The lowest BCUT2D eigenvalue weighted by Gasteiger charge is -2.13. The van der Waals surface area contributed by atoms with Crippen LogP contribution in [0.5, 0.6) is 0 Å². The highest BCUT2D eigenvalue weighted by atomic mass is 14.9. The van der Waals surface area contributed by atoms with Gasteiger partial charge in [0.15, 0.2) is 0 Å². The molecule has 0 amide bonds. The zero-order chi connectivity index (χ0) is 12.1. The van der Waals surface area contributed by atoms with Gasteiger partial charge in [-0.2, -0.15) is 0 Å². The Morgan fingerprint density at radius 3 is 2.25 bits per heavy atom. The van der Waals surface area contributed by atoms with Crippen LogP contribution < -0.4 is 11.1 Å². The normalized spacial score (nSPS) is 12.8. The third-order valence-electron chi connectivity index (χ3n) is 2.92. The van der Waals surface area contributed by atoms with Gasteiger partial charge in [0.1, 0.15) is 0 Å². The molecule has 16 heavy (non-hydrogen) atoms. The van der Waals surface area contributed by atoms with Gasteiger partial charge in [-0.1, -0.05) is 17.7 Å². The Morgan fingerprint density at radius 2 is 1.75 bits per heavy atom. The molecule has 0 aromatic heterocycles. The summed E-state index contributed by atoms with van der Waals surface area (Å²) in [5.41, 5.74) is 11.2.